The second kappa shape index (κ2) is 5.59. The zero-order chi connectivity index (χ0) is 10.6. The molecule has 0 heterocycles. The van der Waals surface area contributed by atoms with Crippen LogP contribution < -0.4 is 5.73 Å². The summed E-state index contributed by atoms with van der Waals surface area (Å²) in [6.07, 6.45) is 2.03. The standard InChI is InChI=1S/C11H15Cl2N/c1-8(7-14)2-3-9-4-5-10(12)6-11(9)13/h4-6,8H,2-3,7,14H2,1H3. The number of nitrogens with two attached hydrogens (primary N) is 1. The molecule has 1 aromatic rings. The van der Waals surface area contributed by atoms with Gasteiger partial charge in [-0.25, -0.2) is 0 Å². The first-order valence-corrected chi connectivity index (χ1v) is 5.53. The maximum Gasteiger partial charge on any atom is 0.0452 e. The van der Waals surface area contributed by atoms with E-state index in [2.05, 4.69) is 6.92 Å². The van der Waals surface area contributed by atoms with Gasteiger partial charge in [-0.05, 0) is 43.0 Å². The molecule has 0 saturated carbocycles. The smallest absolute Gasteiger partial charge is 0.0452 e. The molecule has 0 saturated heterocycles. The van der Waals surface area contributed by atoms with E-state index in [1.807, 2.05) is 12.1 Å². The Hall–Kier alpha value is -0.240. The third-order valence-electron chi connectivity index (χ3n) is 2.32. The molecule has 1 atom stereocenters. The maximum absolute atomic E-state index is 6.04. The van der Waals surface area contributed by atoms with E-state index in [4.69, 9.17) is 28.9 Å². The molecule has 0 radical (unpaired) electrons. The summed E-state index contributed by atoms with van der Waals surface area (Å²) >= 11 is 11.8. The summed E-state index contributed by atoms with van der Waals surface area (Å²) in [5, 5.41) is 1.44. The molecule has 1 rings (SSSR count). The van der Waals surface area contributed by atoms with Gasteiger partial charge in [0.25, 0.3) is 0 Å². The molecule has 0 fully saturated rings. The van der Waals surface area contributed by atoms with Crippen LogP contribution in [0.1, 0.15) is 18.9 Å². The summed E-state index contributed by atoms with van der Waals surface area (Å²) in [4.78, 5) is 0. The van der Waals surface area contributed by atoms with Crippen LogP contribution in [0.25, 0.3) is 0 Å². The number of halogens is 2. The highest BCUT2D eigenvalue weighted by Gasteiger charge is 2.04. The molecule has 0 aromatic heterocycles. The zero-order valence-corrected chi connectivity index (χ0v) is 9.78. The molecule has 2 N–H and O–H groups in total. The molecule has 14 heavy (non-hydrogen) atoms. The van der Waals surface area contributed by atoms with E-state index in [-0.39, 0.29) is 0 Å². The number of benzene rings is 1. The molecule has 78 valence electrons. The van der Waals surface area contributed by atoms with Crippen LogP contribution in [0.5, 0.6) is 0 Å². The van der Waals surface area contributed by atoms with Crippen molar-refractivity contribution in [3.05, 3.63) is 33.8 Å². The highest BCUT2D eigenvalue weighted by Crippen LogP contribution is 2.22. The van der Waals surface area contributed by atoms with Crippen LogP contribution in [0.2, 0.25) is 10.0 Å². The lowest BCUT2D eigenvalue weighted by molar-refractivity contribution is 0.545. The zero-order valence-electron chi connectivity index (χ0n) is 8.26. The molecule has 1 unspecified atom stereocenters. The van der Waals surface area contributed by atoms with E-state index in [9.17, 15) is 0 Å². The van der Waals surface area contributed by atoms with Crippen molar-refractivity contribution in [2.75, 3.05) is 6.54 Å². The van der Waals surface area contributed by atoms with Gasteiger partial charge in [0.2, 0.25) is 0 Å². The molecule has 1 nitrogen and oxygen atoms in total. The highest BCUT2D eigenvalue weighted by atomic mass is 35.5. The maximum atomic E-state index is 6.04. The van der Waals surface area contributed by atoms with Gasteiger partial charge >= 0.3 is 0 Å². The van der Waals surface area contributed by atoms with Gasteiger partial charge in [-0.2, -0.15) is 0 Å². The Labute approximate surface area is 95.2 Å². The lowest BCUT2D eigenvalue weighted by atomic mass is 10.0. The summed E-state index contributed by atoms with van der Waals surface area (Å²) in [7, 11) is 0. The van der Waals surface area contributed by atoms with Gasteiger partial charge in [0.1, 0.15) is 0 Å². The van der Waals surface area contributed by atoms with E-state index in [1.165, 1.54) is 0 Å². The fourth-order valence-electron chi connectivity index (χ4n) is 1.24. The Morgan fingerprint density at radius 1 is 1.36 bits per heavy atom. The average molecular weight is 232 g/mol. The summed E-state index contributed by atoms with van der Waals surface area (Å²) in [5.41, 5.74) is 6.69. The van der Waals surface area contributed by atoms with Crippen molar-refractivity contribution >= 4 is 23.2 Å². The van der Waals surface area contributed by atoms with Crippen LogP contribution in [0.4, 0.5) is 0 Å². The van der Waals surface area contributed by atoms with Crippen LogP contribution in [0.3, 0.4) is 0 Å². The first-order valence-electron chi connectivity index (χ1n) is 4.77. The Morgan fingerprint density at radius 3 is 2.64 bits per heavy atom. The van der Waals surface area contributed by atoms with Crippen molar-refractivity contribution < 1.29 is 0 Å². The van der Waals surface area contributed by atoms with Crippen molar-refractivity contribution in [2.24, 2.45) is 11.7 Å². The van der Waals surface area contributed by atoms with Crippen molar-refractivity contribution in [1.82, 2.24) is 0 Å². The van der Waals surface area contributed by atoms with E-state index < -0.39 is 0 Å². The summed E-state index contributed by atoms with van der Waals surface area (Å²) in [6.45, 7) is 2.87. The lowest BCUT2D eigenvalue weighted by Gasteiger charge is -2.09. The van der Waals surface area contributed by atoms with Crippen LogP contribution in [0, 0.1) is 5.92 Å². The van der Waals surface area contributed by atoms with Gasteiger partial charge in [-0.3, -0.25) is 0 Å². The Morgan fingerprint density at radius 2 is 2.07 bits per heavy atom. The van der Waals surface area contributed by atoms with E-state index in [0.717, 1.165) is 30.0 Å². The minimum Gasteiger partial charge on any atom is -0.330 e. The quantitative estimate of drug-likeness (QED) is 0.844. The first-order chi connectivity index (χ1) is 6.63. The molecule has 0 spiro atoms. The molecule has 0 bridgehead atoms. The fourth-order valence-corrected chi connectivity index (χ4v) is 1.75. The molecule has 0 aliphatic carbocycles. The van der Waals surface area contributed by atoms with Crippen molar-refractivity contribution in [2.45, 2.75) is 19.8 Å². The SMILES string of the molecule is CC(CN)CCc1ccc(Cl)cc1Cl. The Bertz CT molecular complexity index is 299. The van der Waals surface area contributed by atoms with Gasteiger partial charge in [0, 0.05) is 10.0 Å². The molecular formula is C11H15Cl2N. The van der Waals surface area contributed by atoms with Gasteiger partial charge in [-0.15, -0.1) is 0 Å². The van der Waals surface area contributed by atoms with Crippen molar-refractivity contribution in [3.8, 4) is 0 Å². The van der Waals surface area contributed by atoms with Gasteiger partial charge in [0.05, 0.1) is 0 Å². The summed E-state index contributed by atoms with van der Waals surface area (Å²) < 4.78 is 0. The van der Waals surface area contributed by atoms with E-state index >= 15 is 0 Å². The second-order valence-corrected chi connectivity index (χ2v) is 4.46. The third-order valence-corrected chi connectivity index (χ3v) is 2.91. The molecule has 0 aliphatic heterocycles. The van der Waals surface area contributed by atoms with Gasteiger partial charge < -0.3 is 5.73 Å². The van der Waals surface area contributed by atoms with Crippen LogP contribution in [-0.2, 0) is 6.42 Å². The lowest BCUT2D eigenvalue weighted by Crippen LogP contribution is -2.11. The predicted octanol–water partition coefficient (Wildman–Crippen LogP) is 3.52. The summed E-state index contributed by atoms with van der Waals surface area (Å²) in [5.74, 6) is 0.543. The number of hydrogen-bond donors (Lipinski definition) is 1. The fraction of sp³-hybridized carbons (Fsp3) is 0.455. The highest BCUT2D eigenvalue weighted by molar-refractivity contribution is 6.35. The average Bonchev–Trinajstić information content (AvgIpc) is 2.16. The van der Waals surface area contributed by atoms with E-state index in [1.54, 1.807) is 6.07 Å². The minimum atomic E-state index is 0.543. The van der Waals surface area contributed by atoms with Gasteiger partial charge in [0.15, 0.2) is 0 Å². The van der Waals surface area contributed by atoms with Crippen LogP contribution in [0.15, 0.2) is 18.2 Å². The summed E-state index contributed by atoms with van der Waals surface area (Å²) in [6, 6.07) is 5.63. The normalized spacial score (nSPS) is 12.9. The predicted molar refractivity (Wildman–Crippen MR) is 63.0 cm³/mol. The number of hydrogen-bond acceptors (Lipinski definition) is 1. The topological polar surface area (TPSA) is 26.0 Å². The molecular weight excluding hydrogens is 217 g/mol. The van der Waals surface area contributed by atoms with Crippen LogP contribution >= 0.6 is 23.2 Å². The monoisotopic (exact) mass is 231 g/mol. The Kier molecular flexibility index (Phi) is 4.73. The minimum absolute atomic E-state index is 0.543. The Balaban J connectivity index is 2.59. The molecule has 3 heteroatoms. The van der Waals surface area contributed by atoms with Crippen molar-refractivity contribution in [3.63, 3.8) is 0 Å². The van der Waals surface area contributed by atoms with E-state index in [0.29, 0.717) is 10.9 Å². The first kappa shape index (κ1) is 11.8. The second-order valence-electron chi connectivity index (χ2n) is 3.62. The third kappa shape index (κ3) is 3.49. The van der Waals surface area contributed by atoms with Crippen LogP contribution in [-0.4, -0.2) is 6.54 Å². The molecule has 0 aliphatic rings. The van der Waals surface area contributed by atoms with Crippen molar-refractivity contribution in [1.29, 1.82) is 0 Å². The molecule has 1 aromatic carbocycles. The van der Waals surface area contributed by atoms with Gasteiger partial charge in [-0.1, -0.05) is 36.2 Å². The molecule has 0 amide bonds. The largest absolute Gasteiger partial charge is 0.330 e. The number of aryl methyl sites for hydroxylation is 1. The number of rotatable bonds is 4.